The van der Waals surface area contributed by atoms with Gasteiger partial charge < -0.3 is 5.73 Å². The van der Waals surface area contributed by atoms with Gasteiger partial charge in [0.15, 0.2) is 11.6 Å². The molecule has 19 heavy (non-hydrogen) atoms. The molecule has 0 saturated carbocycles. The Balaban J connectivity index is 2.63. The van der Waals surface area contributed by atoms with Crippen LogP contribution in [0.4, 0.5) is 8.78 Å². The Morgan fingerprint density at radius 2 is 1.63 bits per heavy atom. The molecule has 0 heterocycles. The van der Waals surface area contributed by atoms with Crippen molar-refractivity contribution in [1.29, 1.82) is 0 Å². The molecule has 100 valence electrons. The van der Waals surface area contributed by atoms with Crippen LogP contribution in [0, 0.1) is 18.6 Å². The minimum atomic E-state index is -1.01. The summed E-state index contributed by atoms with van der Waals surface area (Å²) >= 11 is 0. The van der Waals surface area contributed by atoms with Crippen LogP contribution in [0.25, 0.3) is 0 Å². The summed E-state index contributed by atoms with van der Waals surface area (Å²) in [4.78, 5) is 0. The molecule has 0 fully saturated rings. The van der Waals surface area contributed by atoms with Gasteiger partial charge in [-0.15, -0.1) is 0 Å². The molecule has 0 bridgehead atoms. The number of hydrogen-bond acceptors (Lipinski definition) is 1. The minimum Gasteiger partial charge on any atom is -0.318 e. The summed E-state index contributed by atoms with van der Waals surface area (Å²) in [6.07, 6.45) is 0.483. The van der Waals surface area contributed by atoms with Crippen LogP contribution in [-0.4, -0.2) is 0 Å². The lowest BCUT2D eigenvalue weighted by Crippen LogP contribution is -2.38. The lowest BCUT2D eigenvalue weighted by atomic mass is 9.81. The monoisotopic (exact) mass is 261 g/mol. The molecule has 0 aliphatic rings. The van der Waals surface area contributed by atoms with E-state index in [0.717, 1.165) is 5.56 Å². The summed E-state index contributed by atoms with van der Waals surface area (Å²) in [5, 5.41) is 0. The van der Waals surface area contributed by atoms with Crippen molar-refractivity contribution < 1.29 is 8.78 Å². The van der Waals surface area contributed by atoms with Crippen LogP contribution in [0.5, 0.6) is 0 Å². The third-order valence-corrected chi connectivity index (χ3v) is 3.60. The highest BCUT2D eigenvalue weighted by atomic mass is 19.2. The molecule has 1 unspecified atom stereocenters. The van der Waals surface area contributed by atoms with E-state index in [1.165, 1.54) is 6.92 Å². The lowest BCUT2D eigenvalue weighted by Gasteiger charge is -2.30. The van der Waals surface area contributed by atoms with Crippen LogP contribution >= 0.6 is 0 Å². The average molecular weight is 261 g/mol. The van der Waals surface area contributed by atoms with Crippen molar-refractivity contribution in [2.75, 3.05) is 0 Å². The second-order valence-electron chi connectivity index (χ2n) is 4.75. The van der Waals surface area contributed by atoms with Gasteiger partial charge in [-0.25, -0.2) is 8.78 Å². The van der Waals surface area contributed by atoms with Gasteiger partial charge in [-0.3, -0.25) is 0 Å². The first-order valence-corrected chi connectivity index (χ1v) is 6.30. The Kier molecular flexibility index (Phi) is 3.67. The molecule has 1 nitrogen and oxygen atoms in total. The van der Waals surface area contributed by atoms with Gasteiger partial charge in [-0.1, -0.05) is 49.4 Å². The zero-order valence-electron chi connectivity index (χ0n) is 11.1. The molecule has 0 aromatic heterocycles. The summed E-state index contributed by atoms with van der Waals surface area (Å²) in [6.45, 7) is 3.40. The van der Waals surface area contributed by atoms with Crippen LogP contribution in [0.3, 0.4) is 0 Å². The van der Waals surface area contributed by atoms with E-state index in [1.807, 2.05) is 37.3 Å². The molecule has 0 radical (unpaired) electrons. The van der Waals surface area contributed by atoms with Gasteiger partial charge in [-0.05, 0) is 24.5 Å². The van der Waals surface area contributed by atoms with Gasteiger partial charge >= 0.3 is 0 Å². The van der Waals surface area contributed by atoms with E-state index in [0.29, 0.717) is 6.42 Å². The molecule has 0 aliphatic carbocycles. The maximum atomic E-state index is 14.2. The summed E-state index contributed by atoms with van der Waals surface area (Å²) < 4.78 is 27.9. The van der Waals surface area contributed by atoms with Crippen molar-refractivity contribution in [3.63, 3.8) is 0 Å². The standard InChI is InChI=1S/C16H17F2N/c1-3-16(19,12-7-5-4-6-8-12)13-10-9-11(2)14(17)15(13)18/h4-10H,3,19H2,1-2H3. The van der Waals surface area contributed by atoms with Crippen molar-refractivity contribution in [3.8, 4) is 0 Å². The topological polar surface area (TPSA) is 26.0 Å². The maximum absolute atomic E-state index is 14.2. The van der Waals surface area contributed by atoms with E-state index in [-0.39, 0.29) is 11.1 Å². The van der Waals surface area contributed by atoms with Crippen molar-refractivity contribution in [1.82, 2.24) is 0 Å². The first kappa shape index (κ1) is 13.7. The van der Waals surface area contributed by atoms with Gasteiger partial charge in [0.1, 0.15) is 0 Å². The molecule has 0 amide bonds. The molecule has 2 rings (SSSR count). The highest BCUT2D eigenvalue weighted by Gasteiger charge is 2.31. The first-order valence-electron chi connectivity index (χ1n) is 6.30. The third kappa shape index (κ3) is 2.26. The van der Waals surface area contributed by atoms with Gasteiger partial charge in [0.2, 0.25) is 0 Å². The van der Waals surface area contributed by atoms with Crippen molar-refractivity contribution in [2.45, 2.75) is 25.8 Å². The van der Waals surface area contributed by atoms with E-state index in [4.69, 9.17) is 5.73 Å². The zero-order chi connectivity index (χ0) is 14.0. The van der Waals surface area contributed by atoms with E-state index < -0.39 is 17.2 Å². The van der Waals surface area contributed by atoms with Crippen molar-refractivity contribution in [3.05, 3.63) is 70.8 Å². The number of halogens is 2. The predicted molar refractivity (Wildman–Crippen MR) is 72.8 cm³/mol. The minimum absolute atomic E-state index is 0.198. The van der Waals surface area contributed by atoms with Crippen molar-refractivity contribution >= 4 is 0 Å². The second-order valence-corrected chi connectivity index (χ2v) is 4.75. The van der Waals surface area contributed by atoms with Crippen LogP contribution < -0.4 is 5.73 Å². The summed E-state index contributed by atoms with van der Waals surface area (Å²) in [6, 6.07) is 12.4. The maximum Gasteiger partial charge on any atom is 0.164 e. The fraction of sp³-hybridized carbons (Fsp3) is 0.250. The fourth-order valence-corrected chi connectivity index (χ4v) is 2.28. The SMILES string of the molecule is CCC(N)(c1ccccc1)c1ccc(C)c(F)c1F. The van der Waals surface area contributed by atoms with Gasteiger partial charge in [-0.2, -0.15) is 0 Å². The summed E-state index contributed by atoms with van der Waals surface area (Å²) in [5.41, 5.74) is 6.60. The third-order valence-electron chi connectivity index (χ3n) is 3.60. The van der Waals surface area contributed by atoms with Crippen LogP contribution in [-0.2, 0) is 5.54 Å². The van der Waals surface area contributed by atoms with Gasteiger partial charge in [0, 0.05) is 5.56 Å². The largest absolute Gasteiger partial charge is 0.318 e. The number of hydrogen-bond donors (Lipinski definition) is 1. The van der Waals surface area contributed by atoms with Crippen LogP contribution in [0.15, 0.2) is 42.5 Å². The van der Waals surface area contributed by atoms with Crippen LogP contribution in [0.2, 0.25) is 0 Å². The normalized spacial score (nSPS) is 14.2. The summed E-state index contributed by atoms with van der Waals surface area (Å²) in [5.74, 6) is -1.68. The second kappa shape index (κ2) is 5.10. The highest BCUT2D eigenvalue weighted by molar-refractivity contribution is 5.40. The Morgan fingerprint density at radius 3 is 2.21 bits per heavy atom. The molecule has 3 heteroatoms. The van der Waals surface area contributed by atoms with E-state index >= 15 is 0 Å². The van der Waals surface area contributed by atoms with Crippen LogP contribution in [0.1, 0.15) is 30.0 Å². The van der Waals surface area contributed by atoms with E-state index in [9.17, 15) is 8.78 Å². The van der Waals surface area contributed by atoms with Gasteiger partial charge in [0.25, 0.3) is 0 Å². The molecular formula is C16H17F2N. The predicted octanol–water partition coefficient (Wildman–Crippen LogP) is 3.89. The first-order chi connectivity index (χ1) is 9.00. The molecule has 2 aromatic rings. The Bertz CT molecular complexity index is 581. The smallest absolute Gasteiger partial charge is 0.164 e. The number of aryl methyl sites for hydroxylation is 1. The number of nitrogens with two attached hydrogens (primary N) is 1. The molecule has 2 aromatic carbocycles. The Morgan fingerprint density at radius 1 is 1.00 bits per heavy atom. The molecule has 2 N–H and O–H groups in total. The molecule has 1 atom stereocenters. The van der Waals surface area contributed by atoms with Crippen molar-refractivity contribution in [2.24, 2.45) is 5.73 Å². The number of benzene rings is 2. The molecule has 0 aliphatic heterocycles. The highest BCUT2D eigenvalue weighted by Crippen LogP contribution is 2.33. The quantitative estimate of drug-likeness (QED) is 0.891. The zero-order valence-corrected chi connectivity index (χ0v) is 11.1. The summed E-state index contributed by atoms with van der Waals surface area (Å²) in [7, 11) is 0. The Labute approximate surface area is 112 Å². The molecular weight excluding hydrogens is 244 g/mol. The lowest BCUT2D eigenvalue weighted by molar-refractivity contribution is 0.441. The molecule has 0 saturated heterocycles. The number of rotatable bonds is 3. The molecule has 0 spiro atoms. The fourth-order valence-electron chi connectivity index (χ4n) is 2.28. The average Bonchev–Trinajstić information content (AvgIpc) is 2.45. The Hall–Kier alpha value is -1.74. The van der Waals surface area contributed by atoms with E-state index in [1.54, 1.807) is 12.1 Å². The van der Waals surface area contributed by atoms with Gasteiger partial charge in [0.05, 0.1) is 5.54 Å². The van der Waals surface area contributed by atoms with E-state index in [2.05, 4.69) is 0 Å².